The Hall–Kier alpha value is -2.57. The third-order valence-electron chi connectivity index (χ3n) is 5.80. The maximum atomic E-state index is 12.1. The first kappa shape index (κ1) is 16.9. The molecule has 3 fully saturated rings. The maximum Gasteiger partial charge on any atom is 0.414 e. The van der Waals surface area contributed by atoms with Crippen LogP contribution in [-0.4, -0.2) is 55.1 Å². The van der Waals surface area contributed by atoms with Crippen molar-refractivity contribution in [2.75, 3.05) is 31.1 Å². The first-order chi connectivity index (χ1) is 12.4. The summed E-state index contributed by atoms with van der Waals surface area (Å²) in [5.41, 5.74) is 2.13. The Kier molecular flexibility index (Phi) is 3.89. The Morgan fingerprint density at radius 3 is 2.58 bits per heavy atom. The van der Waals surface area contributed by atoms with Gasteiger partial charge in [0.25, 0.3) is 0 Å². The molecule has 1 aliphatic carbocycles. The molecule has 1 N–H and O–H groups in total. The van der Waals surface area contributed by atoms with Gasteiger partial charge in [-0.05, 0) is 30.0 Å². The highest BCUT2D eigenvalue weighted by molar-refractivity contribution is 5.89. The number of hydrogen-bond acceptors (Lipinski definition) is 4. The molecular weight excluding hydrogens is 334 g/mol. The van der Waals surface area contributed by atoms with Crippen molar-refractivity contribution >= 4 is 23.6 Å². The monoisotopic (exact) mass is 357 g/mol. The van der Waals surface area contributed by atoms with Crippen LogP contribution in [0.3, 0.4) is 0 Å². The number of amides is 3. The minimum absolute atomic E-state index is 0.101. The number of nitrogens with zero attached hydrogens (tertiary/aromatic N) is 2. The van der Waals surface area contributed by atoms with Gasteiger partial charge in [0.15, 0.2) is 0 Å². The Morgan fingerprint density at radius 2 is 1.96 bits per heavy atom. The summed E-state index contributed by atoms with van der Waals surface area (Å²) in [6.45, 7) is 5.44. The summed E-state index contributed by atoms with van der Waals surface area (Å²) in [6, 6.07) is 8.01. The van der Waals surface area contributed by atoms with Gasteiger partial charge in [-0.1, -0.05) is 12.1 Å². The minimum Gasteiger partial charge on any atom is -0.442 e. The molecule has 26 heavy (non-hydrogen) atoms. The first-order valence-corrected chi connectivity index (χ1v) is 8.98. The fourth-order valence-electron chi connectivity index (χ4n) is 4.24. The lowest BCUT2D eigenvalue weighted by atomic mass is 9.94. The molecule has 2 unspecified atom stereocenters. The topological polar surface area (TPSA) is 79.0 Å². The fraction of sp³-hybridized carbons (Fsp3) is 0.526. The molecule has 7 nitrogen and oxygen atoms in total. The van der Waals surface area contributed by atoms with Gasteiger partial charge in [-0.2, -0.15) is 0 Å². The minimum atomic E-state index is -0.390. The molecule has 3 amide bonds. The van der Waals surface area contributed by atoms with E-state index in [0.717, 1.165) is 25.2 Å². The van der Waals surface area contributed by atoms with Gasteiger partial charge in [-0.3, -0.25) is 14.5 Å². The normalized spacial score (nSPS) is 29.4. The van der Waals surface area contributed by atoms with Crippen LogP contribution in [0.1, 0.15) is 25.8 Å². The van der Waals surface area contributed by atoms with E-state index >= 15 is 0 Å². The Bertz CT molecular complexity index is 763. The summed E-state index contributed by atoms with van der Waals surface area (Å²) in [5.74, 6) is 0.549. The van der Waals surface area contributed by atoms with Crippen LogP contribution in [0.2, 0.25) is 0 Å². The Morgan fingerprint density at radius 1 is 1.23 bits per heavy atom. The molecular formula is C19H23N3O4. The first-order valence-electron chi connectivity index (χ1n) is 8.98. The van der Waals surface area contributed by atoms with Crippen molar-refractivity contribution < 1.29 is 19.1 Å². The predicted octanol–water partition coefficient (Wildman–Crippen LogP) is 1.27. The van der Waals surface area contributed by atoms with Gasteiger partial charge in [-0.15, -0.1) is 0 Å². The largest absolute Gasteiger partial charge is 0.442 e. The van der Waals surface area contributed by atoms with Crippen LogP contribution in [0.25, 0.3) is 0 Å². The molecule has 1 aromatic carbocycles. The van der Waals surface area contributed by atoms with Crippen molar-refractivity contribution in [2.45, 2.75) is 31.8 Å². The molecule has 138 valence electrons. The van der Waals surface area contributed by atoms with E-state index in [1.165, 1.54) is 12.5 Å². The summed E-state index contributed by atoms with van der Waals surface area (Å²) in [6.07, 6.45) is 0.399. The number of ether oxygens (including phenoxy) is 1. The summed E-state index contributed by atoms with van der Waals surface area (Å²) < 4.78 is 5.31. The number of cyclic esters (lactones) is 1. The van der Waals surface area contributed by atoms with Crippen LogP contribution < -0.4 is 10.2 Å². The second-order valence-electron chi connectivity index (χ2n) is 7.56. The van der Waals surface area contributed by atoms with E-state index in [9.17, 15) is 14.4 Å². The molecule has 0 aromatic heterocycles. The average Bonchev–Trinajstić information content (AvgIpc) is 2.98. The number of piperidine rings is 1. The van der Waals surface area contributed by atoms with Crippen LogP contribution in [0.5, 0.6) is 0 Å². The number of carbonyl (C=O) groups is 3. The van der Waals surface area contributed by atoms with E-state index in [1.807, 2.05) is 17.0 Å². The zero-order chi connectivity index (χ0) is 18.5. The zero-order valence-corrected chi connectivity index (χ0v) is 15.0. The van der Waals surface area contributed by atoms with Crippen molar-refractivity contribution in [3.8, 4) is 0 Å². The number of fused-ring (bicyclic) bond motifs is 1. The summed E-state index contributed by atoms with van der Waals surface area (Å²) in [7, 11) is 0. The fourth-order valence-corrected chi connectivity index (χ4v) is 4.24. The van der Waals surface area contributed by atoms with Gasteiger partial charge < -0.3 is 15.0 Å². The molecule has 0 bridgehead atoms. The third kappa shape index (κ3) is 2.81. The lowest BCUT2D eigenvalue weighted by Crippen LogP contribution is -2.33. The lowest BCUT2D eigenvalue weighted by Gasteiger charge is -2.20. The second-order valence-corrected chi connectivity index (χ2v) is 7.56. The third-order valence-corrected chi connectivity index (χ3v) is 5.80. The van der Waals surface area contributed by atoms with Gasteiger partial charge in [0.1, 0.15) is 6.10 Å². The van der Waals surface area contributed by atoms with Crippen LogP contribution in [0.15, 0.2) is 24.3 Å². The van der Waals surface area contributed by atoms with E-state index < -0.39 is 0 Å². The number of rotatable bonds is 4. The highest BCUT2D eigenvalue weighted by atomic mass is 16.6. The average molecular weight is 357 g/mol. The molecule has 4 rings (SSSR count). The highest BCUT2D eigenvalue weighted by Gasteiger charge is 2.61. The number of anilines is 1. The van der Waals surface area contributed by atoms with Crippen molar-refractivity contribution in [1.29, 1.82) is 0 Å². The molecule has 2 saturated heterocycles. The molecule has 7 heteroatoms. The Labute approximate surface area is 152 Å². The van der Waals surface area contributed by atoms with Gasteiger partial charge in [0.2, 0.25) is 11.8 Å². The van der Waals surface area contributed by atoms with E-state index in [1.54, 1.807) is 11.8 Å². The van der Waals surface area contributed by atoms with Gasteiger partial charge in [-0.25, -0.2) is 4.79 Å². The van der Waals surface area contributed by atoms with E-state index in [0.29, 0.717) is 19.0 Å². The molecule has 0 spiro atoms. The van der Waals surface area contributed by atoms with Gasteiger partial charge >= 0.3 is 6.09 Å². The van der Waals surface area contributed by atoms with Gasteiger partial charge in [0.05, 0.1) is 13.1 Å². The van der Waals surface area contributed by atoms with E-state index in [4.69, 9.17) is 4.74 Å². The molecule has 1 saturated carbocycles. The van der Waals surface area contributed by atoms with Crippen LogP contribution in [-0.2, 0) is 19.7 Å². The lowest BCUT2D eigenvalue weighted by molar-refractivity contribution is -0.128. The van der Waals surface area contributed by atoms with E-state index in [-0.39, 0.29) is 29.4 Å². The standard InChI is InChI=1S/C19H23N3O4/c1-12(23)20-8-17-10-22(18(25)26-17)16-5-3-14(4-6-16)19-7-15(19)9-21(11-19)13(2)24/h3-6,15,17H,7-11H2,1-2H3,(H,20,23)/t15?,17-,19?/m0/s1. The number of carbonyl (C=O) groups excluding carboxylic acids is 3. The summed E-state index contributed by atoms with van der Waals surface area (Å²) in [5, 5.41) is 2.67. The highest BCUT2D eigenvalue weighted by Crippen LogP contribution is 2.59. The van der Waals surface area contributed by atoms with Gasteiger partial charge in [0, 0.05) is 38.0 Å². The number of hydrogen-bond donors (Lipinski definition) is 1. The number of nitrogens with one attached hydrogen (secondary N) is 1. The van der Waals surface area contributed by atoms with E-state index in [2.05, 4.69) is 17.4 Å². The van der Waals surface area contributed by atoms with Crippen LogP contribution >= 0.6 is 0 Å². The number of likely N-dealkylation sites (tertiary alicyclic amines) is 1. The predicted molar refractivity (Wildman–Crippen MR) is 94.8 cm³/mol. The molecule has 2 heterocycles. The SMILES string of the molecule is CC(=O)NC[C@H]1CN(c2ccc(C34CC3CN(C(C)=O)C4)cc2)C(=O)O1. The number of benzene rings is 1. The smallest absolute Gasteiger partial charge is 0.414 e. The van der Waals surface area contributed by atoms with Crippen LogP contribution in [0, 0.1) is 5.92 Å². The quantitative estimate of drug-likeness (QED) is 0.880. The van der Waals surface area contributed by atoms with Crippen molar-refractivity contribution in [2.24, 2.45) is 5.92 Å². The van der Waals surface area contributed by atoms with Crippen molar-refractivity contribution in [1.82, 2.24) is 10.2 Å². The molecule has 0 radical (unpaired) electrons. The molecule has 3 atom stereocenters. The second kappa shape index (κ2) is 6.00. The van der Waals surface area contributed by atoms with Crippen LogP contribution in [0.4, 0.5) is 10.5 Å². The Balaban J connectivity index is 1.43. The van der Waals surface area contributed by atoms with Crippen molar-refractivity contribution in [3.05, 3.63) is 29.8 Å². The molecule has 3 aliphatic rings. The summed E-state index contributed by atoms with van der Waals surface area (Å²) >= 11 is 0. The van der Waals surface area contributed by atoms with Crippen molar-refractivity contribution in [3.63, 3.8) is 0 Å². The maximum absolute atomic E-state index is 12.1. The zero-order valence-electron chi connectivity index (χ0n) is 15.0. The molecule has 1 aromatic rings. The summed E-state index contributed by atoms with van der Waals surface area (Å²) in [4.78, 5) is 38.2. The molecule has 2 aliphatic heterocycles.